The second-order valence-corrected chi connectivity index (χ2v) is 4.71. The van der Waals surface area contributed by atoms with Crippen molar-refractivity contribution in [3.05, 3.63) is 52.8 Å². The predicted octanol–water partition coefficient (Wildman–Crippen LogP) is 2.48. The normalized spacial score (nSPS) is 10.6. The molecule has 20 heavy (non-hydrogen) atoms. The van der Waals surface area contributed by atoms with Crippen LogP contribution >= 0.6 is 0 Å². The molecule has 0 spiro atoms. The van der Waals surface area contributed by atoms with E-state index in [2.05, 4.69) is 4.98 Å². The second kappa shape index (κ2) is 6.50. The van der Waals surface area contributed by atoms with Crippen molar-refractivity contribution in [1.29, 1.82) is 0 Å². The molecule has 4 nitrogen and oxygen atoms in total. The molecule has 0 aliphatic rings. The zero-order valence-electron chi connectivity index (χ0n) is 11.9. The summed E-state index contributed by atoms with van der Waals surface area (Å²) in [4.78, 5) is 4.41. The first-order valence-corrected chi connectivity index (χ1v) is 6.69. The van der Waals surface area contributed by atoms with E-state index in [1.54, 1.807) is 0 Å². The maximum absolute atomic E-state index is 9.11. The molecule has 0 saturated heterocycles. The highest BCUT2D eigenvalue weighted by Crippen LogP contribution is 2.30. The van der Waals surface area contributed by atoms with Gasteiger partial charge in [-0.1, -0.05) is 18.2 Å². The van der Waals surface area contributed by atoms with Crippen molar-refractivity contribution in [1.82, 2.24) is 4.98 Å². The van der Waals surface area contributed by atoms with Crippen LogP contribution < -0.4 is 10.5 Å². The lowest BCUT2D eigenvalue weighted by Gasteiger charge is -2.15. The molecule has 0 amide bonds. The Kier molecular flexibility index (Phi) is 4.71. The Balaban J connectivity index is 2.39. The van der Waals surface area contributed by atoms with Crippen LogP contribution in [0.3, 0.4) is 0 Å². The minimum absolute atomic E-state index is 0.0958. The number of ether oxygens (including phenoxy) is 1. The van der Waals surface area contributed by atoms with Crippen LogP contribution in [0.15, 0.2) is 30.3 Å². The minimum Gasteiger partial charge on any atom is -0.457 e. The molecule has 0 aliphatic heterocycles. The van der Waals surface area contributed by atoms with E-state index in [0.29, 0.717) is 13.0 Å². The van der Waals surface area contributed by atoms with Crippen LogP contribution in [0.1, 0.15) is 22.5 Å². The van der Waals surface area contributed by atoms with E-state index in [4.69, 9.17) is 15.6 Å². The van der Waals surface area contributed by atoms with E-state index >= 15 is 0 Å². The molecule has 4 heteroatoms. The summed E-state index contributed by atoms with van der Waals surface area (Å²) in [7, 11) is 0. The molecule has 1 aromatic heterocycles. The number of hydrogen-bond donors (Lipinski definition) is 2. The molecule has 2 rings (SSSR count). The van der Waals surface area contributed by atoms with E-state index in [1.807, 2.05) is 44.2 Å². The molecule has 0 atom stereocenters. The number of nitrogens with two attached hydrogens (primary N) is 1. The molecular formula is C16H20N2O2. The Labute approximate surface area is 119 Å². The van der Waals surface area contributed by atoms with Gasteiger partial charge in [-0.15, -0.1) is 0 Å². The van der Waals surface area contributed by atoms with Crippen molar-refractivity contribution >= 4 is 0 Å². The summed E-state index contributed by atoms with van der Waals surface area (Å²) in [5, 5.41) is 9.11. The molecule has 0 bridgehead atoms. The molecule has 0 unspecified atom stereocenters. The molecule has 2 aromatic rings. The van der Waals surface area contributed by atoms with Crippen molar-refractivity contribution in [3.8, 4) is 11.5 Å². The standard InChI is InChI=1S/C16H20N2O2/c1-11-9-16(14(10-17)12(2)18-11)20-15-6-4-3-5-13(15)7-8-19/h3-6,9,19H,7-8,10,17H2,1-2H3. The van der Waals surface area contributed by atoms with E-state index in [1.165, 1.54) is 0 Å². The molecule has 1 heterocycles. The molecule has 3 N–H and O–H groups in total. The number of benzene rings is 1. The van der Waals surface area contributed by atoms with Crippen molar-refractivity contribution in [3.63, 3.8) is 0 Å². The Hall–Kier alpha value is -1.91. The summed E-state index contributed by atoms with van der Waals surface area (Å²) in [5.41, 5.74) is 9.47. The monoisotopic (exact) mass is 272 g/mol. The fourth-order valence-electron chi connectivity index (χ4n) is 2.21. The Morgan fingerprint density at radius 2 is 1.95 bits per heavy atom. The lowest BCUT2D eigenvalue weighted by Crippen LogP contribution is -2.05. The highest BCUT2D eigenvalue weighted by Gasteiger charge is 2.11. The van der Waals surface area contributed by atoms with Crippen molar-refractivity contribution in [2.45, 2.75) is 26.8 Å². The zero-order chi connectivity index (χ0) is 14.5. The third-order valence-electron chi connectivity index (χ3n) is 3.20. The summed E-state index contributed by atoms with van der Waals surface area (Å²) in [6.45, 7) is 4.34. The molecule has 1 aromatic carbocycles. The number of aryl methyl sites for hydroxylation is 2. The topological polar surface area (TPSA) is 68.4 Å². The van der Waals surface area contributed by atoms with Crippen LogP contribution in [0.5, 0.6) is 11.5 Å². The van der Waals surface area contributed by atoms with Crippen LogP contribution in [-0.2, 0) is 13.0 Å². The van der Waals surface area contributed by atoms with E-state index in [0.717, 1.165) is 34.0 Å². The Morgan fingerprint density at radius 1 is 1.20 bits per heavy atom. The number of aliphatic hydroxyl groups is 1. The van der Waals surface area contributed by atoms with Gasteiger partial charge in [0, 0.05) is 36.2 Å². The van der Waals surface area contributed by atoms with Gasteiger partial charge in [-0.05, 0) is 31.9 Å². The molecule has 0 radical (unpaired) electrons. The molecule has 0 aliphatic carbocycles. The maximum Gasteiger partial charge on any atom is 0.135 e. The molecule has 0 saturated carbocycles. The van der Waals surface area contributed by atoms with E-state index < -0.39 is 0 Å². The molecule has 106 valence electrons. The molecular weight excluding hydrogens is 252 g/mol. The highest BCUT2D eigenvalue weighted by atomic mass is 16.5. The first-order chi connectivity index (χ1) is 9.65. The summed E-state index contributed by atoms with van der Waals surface area (Å²) in [6.07, 6.45) is 0.567. The fraction of sp³-hybridized carbons (Fsp3) is 0.312. The van der Waals surface area contributed by atoms with Gasteiger partial charge in [0.05, 0.1) is 0 Å². The van der Waals surface area contributed by atoms with Crippen molar-refractivity contribution in [2.24, 2.45) is 5.73 Å². The van der Waals surface area contributed by atoms with Crippen molar-refractivity contribution in [2.75, 3.05) is 6.61 Å². The number of nitrogens with zero attached hydrogens (tertiary/aromatic N) is 1. The van der Waals surface area contributed by atoms with Gasteiger partial charge in [0.15, 0.2) is 0 Å². The van der Waals surface area contributed by atoms with Gasteiger partial charge < -0.3 is 15.6 Å². The fourth-order valence-corrected chi connectivity index (χ4v) is 2.21. The smallest absolute Gasteiger partial charge is 0.135 e. The summed E-state index contributed by atoms with van der Waals surface area (Å²) < 4.78 is 6.01. The molecule has 0 fully saturated rings. The number of hydrogen-bond acceptors (Lipinski definition) is 4. The van der Waals surface area contributed by atoms with Gasteiger partial charge in [-0.3, -0.25) is 4.98 Å². The zero-order valence-corrected chi connectivity index (χ0v) is 11.9. The third-order valence-corrected chi connectivity index (χ3v) is 3.20. The largest absolute Gasteiger partial charge is 0.457 e. The lowest BCUT2D eigenvalue weighted by molar-refractivity contribution is 0.298. The minimum atomic E-state index is 0.0958. The van der Waals surface area contributed by atoms with Crippen LogP contribution in [-0.4, -0.2) is 16.7 Å². The predicted molar refractivity (Wildman–Crippen MR) is 78.9 cm³/mol. The average Bonchev–Trinajstić information content (AvgIpc) is 2.41. The number of aromatic nitrogens is 1. The van der Waals surface area contributed by atoms with E-state index in [-0.39, 0.29) is 6.61 Å². The average molecular weight is 272 g/mol. The quantitative estimate of drug-likeness (QED) is 0.877. The van der Waals surface area contributed by atoms with Gasteiger partial charge in [0.25, 0.3) is 0 Å². The van der Waals surface area contributed by atoms with Gasteiger partial charge in [0.1, 0.15) is 11.5 Å². The maximum atomic E-state index is 9.11. The third kappa shape index (κ3) is 3.15. The van der Waals surface area contributed by atoms with Gasteiger partial charge in [-0.2, -0.15) is 0 Å². The number of pyridine rings is 1. The van der Waals surface area contributed by atoms with Crippen LogP contribution in [0, 0.1) is 13.8 Å². The van der Waals surface area contributed by atoms with Gasteiger partial charge >= 0.3 is 0 Å². The number of para-hydroxylation sites is 1. The Morgan fingerprint density at radius 3 is 2.65 bits per heavy atom. The van der Waals surface area contributed by atoms with Crippen LogP contribution in [0.25, 0.3) is 0 Å². The van der Waals surface area contributed by atoms with Crippen LogP contribution in [0.4, 0.5) is 0 Å². The summed E-state index contributed by atoms with van der Waals surface area (Å²) in [6, 6.07) is 9.60. The first-order valence-electron chi connectivity index (χ1n) is 6.69. The second-order valence-electron chi connectivity index (χ2n) is 4.71. The SMILES string of the molecule is Cc1cc(Oc2ccccc2CCO)c(CN)c(C)n1. The van der Waals surface area contributed by atoms with E-state index in [9.17, 15) is 0 Å². The first kappa shape index (κ1) is 14.5. The van der Waals surface area contributed by atoms with Gasteiger partial charge in [-0.25, -0.2) is 0 Å². The van der Waals surface area contributed by atoms with Gasteiger partial charge in [0.2, 0.25) is 0 Å². The summed E-state index contributed by atoms with van der Waals surface area (Å²) >= 11 is 0. The summed E-state index contributed by atoms with van der Waals surface area (Å²) in [5.74, 6) is 1.49. The Bertz CT molecular complexity index is 597. The highest BCUT2D eigenvalue weighted by molar-refractivity contribution is 5.43. The van der Waals surface area contributed by atoms with Crippen molar-refractivity contribution < 1.29 is 9.84 Å². The number of aliphatic hydroxyl groups excluding tert-OH is 1. The lowest BCUT2D eigenvalue weighted by atomic mass is 10.1. The van der Waals surface area contributed by atoms with Crippen LogP contribution in [0.2, 0.25) is 0 Å². The number of rotatable bonds is 5.